The largest absolute Gasteiger partial charge is 0.427 e. The van der Waals surface area contributed by atoms with Crippen molar-refractivity contribution in [1.82, 2.24) is 4.31 Å². The number of nitrogens with zero attached hydrogens (tertiary/aromatic N) is 1. The van der Waals surface area contributed by atoms with Crippen LogP contribution < -0.4 is 4.74 Å². The Balaban J connectivity index is 2.11. The molecule has 1 fully saturated rings. The van der Waals surface area contributed by atoms with Crippen molar-refractivity contribution in [3.63, 3.8) is 0 Å². The van der Waals surface area contributed by atoms with Crippen LogP contribution in [0.25, 0.3) is 0 Å². The Bertz CT molecular complexity index is 580. The van der Waals surface area contributed by atoms with Crippen molar-refractivity contribution in [2.45, 2.75) is 39.3 Å². The summed E-state index contributed by atoms with van der Waals surface area (Å²) in [5.41, 5.74) is 0.887. The number of ether oxygens (including phenoxy) is 1. The molecule has 0 bridgehead atoms. The second-order valence-electron chi connectivity index (χ2n) is 5.09. The summed E-state index contributed by atoms with van der Waals surface area (Å²) in [6.45, 7) is 3.64. The quantitative estimate of drug-likeness (QED) is 0.631. The lowest BCUT2D eigenvalue weighted by Crippen LogP contribution is -2.43. The maximum absolute atomic E-state index is 12.1. The standard InChI is InChI=1S/C14H19NO4S/c1-11-4-3-9-20(17,18)15(11)10-13-5-7-14(8-6-13)19-12(2)16/h5-8,11H,3-4,9-10H2,1-2H3/t11-/m0/s1. The number of hydrogen-bond acceptors (Lipinski definition) is 4. The van der Waals surface area contributed by atoms with Gasteiger partial charge in [-0.1, -0.05) is 12.1 Å². The zero-order valence-electron chi connectivity index (χ0n) is 11.7. The molecule has 1 atom stereocenters. The van der Waals surface area contributed by atoms with Gasteiger partial charge in [-0.3, -0.25) is 4.79 Å². The molecule has 0 unspecified atom stereocenters. The molecule has 20 heavy (non-hydrogen) atoms. The number of benzene rings is 1. The van der Waals surface area contributed by atoms with E-state index in [1.165, 1.54) is 6.92 Å². The van der Waals surface area contributed by atoms with Gasteiger partial charge in [0.15, 0.2) is 0 Å². The van der Waals surface area contributed by atoms with Crippen molar-refractivity contribution in [3.8, 4) is 5.75 Å². The van der Waals surface area contributed by atoms with Gasteiger partial charge in [0.2, 0.25) is 10.0 Å². The molecule has 0 spiro atoms. The molecule has 1 saturated heterocycles. The monoisotopic (exact) mass is 297 g/mol. The number of rotatable bonds is 3. The summed E-state index contributed by atoms with van der Waals surface area (Å²) in [4.78, 5) is 10.8. The van der Waals surface area contributed by atoms with Crippen molar-refractivity contribution in [3.05, 3.63) is 29.8 Å². The van der Waals surface area contributed by atoms with E-state index in [2.05, 4.69) is 0 Å². The molecule has 6 heteroatoms. The fourth-order valence-electron chi connectivity index (χ4n) is 2.36. The van der Waals surface area contributed by atoms with Crippen molar-refractivity contribution in [2.24, 2.45) is 0 Å². The van der Waals surface area contributed by atoms with Crippen molar-refractivity contribution >= 4 is 16.0 Å². The molecule has 2 rings (SSSR count). The van der Waals surface area contributed by atoms with Gasteiger partial charge < -0.3 is 4.74 Å². The first-order valence-electron chi connectivity index (χ1n) is 6.65. The van der Waals surface area contributed by atoms with E-state index >= 15 is 0 Å². The van der Waals surface area contributed by atoms with Crippen LogP contribution >= 0.6 is 0 Å². The molecule has 0 radical (unpaired) electrons. The van der Waals surface area contributed by atoms with Crippen LogP contribution in [0.1, 0.15) is 32.3 Å². The predicted octanol–water partition coefficient (Wildman–Crippen LogP) is 1.93. The molecule has 1 aliphatic rings. The summed E-state index contributed by atoms with van der Waals surface area (Å²) in [7, 11) is -3.15. The lowest BCUT2D eigenvalue weighted by Gasteiger charge is -2.32. The first-order chi connectivity index (χ1) is 9.38. The third kappa shape index (κ3) is 3.58. The lowest BCUT2D eigenvalue weighted by atomic mass is 10.1. The Kier molecular flexibility index (Phi) is 4.45. The minimum atomic E-state index is -3.15. The molecule has 0 amide bonds. The average molecular weight is 297 g/mol. The maximum atomic E-state index is 12.1. The minimum absolute atomic E-state index is 0.0295. The average Bonchev–Trinajstić information content (AvgIpc) is 2.35. The van der Waals surface area contributed by atoms with E-state index in [1.54, 1.807) is 28.6 Å². The molecular formula is C14H19NO4S. The van der Waals surface area contributed by atoms with Gasteiger partial charge >= 0.3 is 5.97 Å². The van der Waals surface area contributed by atoms with E-state index in [9.17, 15) is 13.2 Å². The van der Waals surface area contributed by atoms with E-state index in [1.807, 2.05) is 6.92 Å². The molecule has 0 aromatic heterocycles. The third-order valence-electron chi connectivity index (χ3n) is 3.40. The molecule has 0 N–H and O–H groups in total. The van der Waals surface area contributed by atoms with Crippen LogP contribution in [-0.2, 0) is 21.4 Å². The van der Waals surface area contributed by atoms with Gasteiger partial charge in [-0.25, -0.2) is 8.42 Å². The van der Waals surface area contributed by atoms with Crippen molar-refractivity contribution < 1.29 is 17.9 Å². The number of sulfonamides is 1. The van der Waals surface area contributed by atoms with Crippen LogP contribution in [-0.4, -0.2) is 30.5 Å². The van der Waals surface area contributed by atoms with Crippen LogP contribution in [0.2, 0.25) is 0 Å². The van der Waals surface area contributed by atoms with Crippen LogP contribution in [0.4, 0.5) is 0 Å². The molecule has 1 aliphatic heterocycles. The SMILES string of the molecule is CC(=O)Oc1ccc(CN2[C@@H](C)CCCS2(=O)=O)cc1. The summed E-state index contributed by atoms with van der Waals surface area (Å²) in [5, 5.41) is 0. The van der Waals surface area contributed by atoms with E-state index < -0.39 is 10.0 Å². The first-order valence-corrected chi connectivity index (χ1v) is 8.26. The van der Waals surface area contributed by atoms with Crippen LogP contribution in [0.15, 0.2) is 24.3 Å². The van der Waals surface area contributed by atoms with Crippen molar-refractivity contribution in [2.75, 3.05) is 5.75 Å². The smallest absolute Gasteiger partial charge is 0.308 e. The molecular weight excluding hydrogens is 278 g/mol. The molecule has 1 aromatic rings. The summed E-state index contributed by atoms with van der Waals surface area (Å²) >= 11 is 0. The zero-order chi connectivity index (χ0) is 14.8. The van der Waals surface area contributed by atoms with Gasteiger partial charge in [0.1, 0.15) is 5.75 Å². The Hall–Kier alpha value is -1.40. The Morgan fingerprint density at radius 2 is 2.00 bits per heavy atom. The van der Waals surface area contributed by atoms with Gasteiger partial charge in [0.05, 0.1) is 5.75 Å². The van der Waals surface area contributed by atoms with Crippen molar-refractivity contribution in [1.29, 1.82) is 0 Å². The lowest BCUT2D eigenvalue weighted by molar-refractivity contribution is -0.131. The van der Waals surface area contributed by atoms with E-state index in [4.69, 9.17) is 4.74 Å². The summed E-state index contributed by atoms with van der Waals surface area (Å²) < 4.78 is 30.6. The van der Waals surface area contributed by atoms with Crippen LogP contribution in [0.3, 0.4) is 0 Å². The molecule has 1 aromatic carbocycles. The van der Waals surface area contributed by atoms with E-state index in [0.717, 1.165) is 18.4 Å². The second-order valence-corrected chi connectivity index (χ2v) is 7.13. The van der Waals surface area contributed by atoms with E-state index in [-0.39, 0.29) is 17.8 Å². The van der Waals surface area contributed by atoms with Gasteiger partial charge in [-0.15, -0.1) is 0 Å². The van der Waals surface area contributed by atoms with Crippen LogP contribution in [0.5, 0.6) is 5.75 Å². The van der Waals surface area contributed by atoms with Crippen LogP contribution in [0, 0.1) is 0 Å². The zero-order valence-corrected chi connectivity index (χ0v) is 12.5. The molecule has 110 valence electrons. The van der Waals surface area contributed by atoms with E-state index in [0.29, 0.717) is 12.3 Å². The Morgan fingerprint density at radius 1 is 1.35 bits per heavy atom. The fraction of sp³-hybridized carbons (Fsp3) is 0.500. The topological polar surface area (TPSA) is 63.7 Å². The van der Waals surface area contributed by atoms with Gasteiger partial charge in [0.25, 0.3) is 0 Å². The summed E-state index contributed by atoms with van der Waals surface area (Å²) in [5.74, 6) is 0.323. The molecule has 5 nitrogen and oxygen atoms in total. The number of hydrogen-bond donors (Lipinski definition) is 0. The molecule has 0 aliphatic carbocycles. The third-order valence-corrected chi connectivity index (χ3v) is 5.40. The first kappa shape index (κ1) is 15.0. The van der Waals surface area contributed by atoms with Gasteiger partial charge in [-0.05, 0) is 37.5 Å². The maximum Gasteiger partial charge on any atom is 0.308 e. The highest BCUT2D eigenvalue weighted by Crippen LogP contribution is 2.23. The highest BCUT2D eigenvalue weighted by Gasteiger charge is 2.31. The van der Waals surface area contributed by atoms with Gasteiger partial charge in [-0.2, -0.15) is 4.31 Å². The highest BCUT2D eigenvalue weighted by atomic mass is 32.2. The number of carbonyl (C=O) groups excluding carboxylic acids is 1. The predicted molar refractivity (Wildman–Crippen MR) is 75.8 cm³/mol. The fourth-order valence-corrected chi connectivity index (χ4v) is 4.13. The number of carbonyl (C=O) groups is 1. The second kappa shape index (κ2) is 5.93. The summed E-state index contributed by atoms with van der Waals surface area (Å²) in [6.07, 6.45) is 1.62. The Labute approximate surface area is 119 Å². The highest BCUT2D eigenvalue weighted by molar-refractivity contribution is 7.89. The molecule has 0 saturated carbocycles. The summed E-state index contributed by atoms with van der Waals surface area (Å²) in [6, 6.07) is 6.96. The Morgan fingerprint density at radius 3 is 2.55 bits per heavy atom. The normalized spacial score (nSPS) is 22.4. The number of esters is 1. The minimum Gasteiger partial charge on any atom is -0.427 e. The molecule has 1 heterocycles. The van der Waals surface area contributed by atoms with Gasteiger partial charge in [0, 0.05) is 19.5 Å².